The Labute approximate surface area is 113 Å². The van der Waals surface area contributed by atoms with E-state index in [1.165, 1.54) is 0 Å². The van der Waals surface area contributed by atoms with Crippen molar-refractivity contribution < 1.29 is 15.3 Å². The molecule has 1 aromatic rings. The highest BCUT2D eigenvalue weighted by atomic mass is 16.5. The van der Waals surface area contributed by atoms with Crippen LogP contribution in [-0.2, 0) is 0 Å². The van der Waals surface area contributed by atoms with E-state index in [4.69, 9.17) is 15.2 Å². The van der Waals surface area contributed by atoms with Gasteiger partial charge in [-0.1, -0.05) is 17.3 Å². The monoisotopic (exact) mass is 262 g/mol. The fraction of sp³-hybridized carbons (Fsp3) is 0.429. The van der Waals surface area contributed by atoms with Gasteiger partial charge in [-0.05, 0) is 32.9 Å². The van der Waals surface area contributed by atoms with Gasteiger partial charge in [-0.25, -0.2) is 0 Å². The molecule has 0 spiro atoms. The van der Waals surface area contributed by atoms with Crippen LogP contribution >= 0.6 is 0 Å². The molecule has 0 aliphatic heterocycles. The summed E-state index contributed by atoms with van der Waals surface area (Å²) in [4.78, 5) is 0. The van der Waals surface area contributed by atoms with Gasteiger partial charge in [0, 0.05) is 0 Å². The van der Waals surface area contributed by atoms with Gasteiger partial charge in [-0.3, -0.25) is 0 Å². The summed E-state index contributed by atoms with van der Waals surface area (Å²) in [5.74, 6) is 0.502. The lowest BCUT2D eigenvalue weighted by atomic mass is 10.1. The van der Waals surface area contributed by atoms with Crippen molar-refractivity contribution in [2.24, 2.45) is 5.16 Å². The molecule has 0 aliphatic rings. The first kappa shape index (κ1) is 15.0. The lowest BCUT2D eigenvalue weighted by Gasteiger charge is -2.17. The maximum absolute atomic E-state index is 8.95. The second-order valence-corrected chi connectivity index (χ2v) is 5.34. The van der Waals surface area contributed by atoms with Gasteiger partial charge in [0.25, 0.3) is 0 Å². The lowest BCUT2D eigenvalue weighted by Crippen LogP contribution is -2.95. The molecule has 5 heteroatoms. The Bertz CT molecular complexity index is 484. The number of benzene rings is 1. The van der Waals surface area contributed by atoms with E-state index in [9.17, 15) is 0 Å². The third-order valence-corrected chi connectivity index (χ3v) is 2.49. The lowest BCUT2D eigenvalue weighted by molar-refractivity contribution is -0.705. The Morgan fingerprint density at radius 2 is 2.11 bits per heavy atom. The van der Waals surface area contributed by atoms with Crippen molar-refractivity contribution in [3.8, 4) is 11.8 Å². The summed E-state index contributed by atoms with van der Waals surface area (Å²) in [6, 6.07) is 9.04. The molecule has 0 saturated carbocycles. The molecule has 0 bridgehead atoms. The predicted molar refractivity (Wildman–Crippen MR) is 72.4 cm³/mol. The van der Waals surface area contributed by atoms with E-state index < -0.39 is 0 Å². The van der Waals surface area contributed by atoms with Crippen LogP contribution in [0.5, 0.6) is 5.75 Å². The molecule has 0 aromatic heterocycles. The Morgan fingerprint density at radius 3 is 2.68 bits per heavy atom. The van der Waals surface area contributed by atoms with Crippen LogP contribution in [0, 0.1) is 11.3 Å². The van der Waals surface area contributed by atoms with E-state index in [1.807, 2.05) is 0 Å². The molecular formula is C14H20N3O2+. The highest BCUT2D eigenvalue weighted by Gasteiger charge is 2.15. The standard InChI is InChI=1S/C14H19N3O2/c1-14(2,3)16-9-12(17-18)10-19-13-7-5-4-6-11(13)8-15/h4-7,16,18H,9-10H2,1-3H3/p+1/b17-12-. The third kappa shape index (κ3) is 5.40. The molecule has 0 saturated heterocycles. The van der Waals surface area contributed by atoms with Crippen LogP contribution in [0.25, 0.3) is 0 Å². The number of hydrogen-bond acceptors (Lipinski definition) is 4. The van der Waals surface area contributed by atoms with Gasteiger partial charge in [-0.15, -0.1) is 0 Å². The van der Waals surface area contributed by atoms with Gasteiger partial charge >= 0.3 is 0 Å². The number of nitrogens with zero attached hydrogens (tertiary/aromatic N) is 2. The number of quaternary nitrogens is 1. The number of hydrogen-bond donors (Lipinski definition) is 2. The van der Waals surface area contributed by atoms with Gasteiger partial charge in [0.1, 0.15) is 30.7 Å². The first-order valence-electron chi connectivity index (χ1n) is 6.12. The predicted octanol–water partition coefficient (Wildman–Crippen LogP) is 1.13. The van der Waals surface area contributed by atoms with Crippen LogP contribution in [0.15, 0.2) is 29.4 Å². The van der Waals surface area contributed by atoms with E-state index in [2.05, 4.69) is 37.3 Å². The molecule has 0 amide bonds. The largest absolute Gasteiger partial charge is 0.486 e. The number of para-hydroxylation sites is 1. The minimum Gasteiger partial charge on any atom is -0.486 e. The quantitative estimate of drug-likeness (QED) is 0.474. The molecule has 1 rings (SSSR count). The smallest absolute Gasteiger partial charge is 0.148 e. The van der Waals surface area contributed by atoms with Gasteiger partial charge in [0.15, 0.2) is 0 Å². The van der Waals surface area contributed by atoms with Crippen LogP contribution in [0.2, 0.25) is 0 Å². The number of nitriles is 1. The number of ether oxygens (including phenoxy) is 1. The van der Waals surface area contributed by atoms with Crippen LogP contribution in [0.3, 0.4) is 0 Å². The molecule has 0 radical (unpaired) electrons. The van der Waals surface area contributed by atoms with Crippen molar-refractivity contribution in [1.82, 2.24) is 0 Å². The second kappa shape index (κ2) is 6.76. The van der Waals surface area contributed by atoms with Crippen molar-refractivity contribution >= 4 is 5.71 Å². The Kier molecular flexibility index (Phi) is 5.34. The molecule has 0 heterocycles. The highest BCUT2D eigenvalue weighted by Crippen LogP contribution is 2.16. The van der Waals surface area contributed by atoms with Crippen LogP contribution in [0.1, 0.15) is 26.3 Å². The highest BCUT2D eigenvalue weighted by molar-refractivity contribution is 5.86. The first-order chi connectivity index (χ1) is 8.96. The summed E-state index contributed by atoms with van der Waals surface area (Å²) in [7, 11) is 0. The second-order valence-electron chi connectivity index (χ2n) is 5.34. The van der Waals surface area contributed by atoms with Gasteiger partial charge in [0.05, 0.1) is 11.1 Å². The minimum atomic E-state index is 0.0561. The molecule has 0 unspecified atom stereocenters. The van der Waals surface area contributed by atoms with Gasteiger partial charge in [0.2, 0.25) is 0 Å². The zero-order valence-corrected chi connectivity index (χ0v) is 11.6. The molecule has 0 fully saturated rings. The van der Waals surface area contributed by atoms with E-state index >= 15 is 0 Å². The van der Waals surface area contributed by atoms with Gasteiger partial charge in [-0.2, -0.15) is 5.26 Å². The summed E-state index contributed by atoms with van der Waals surface area (Å²) >= 11 is 0. The number of oxime groups is 1. The Hall–Kier alpha value is -2.06. The van der Waals surface area contributed by atoms with Crippen LogP contribution < -0.4 is 10.1 Å². The summed E-state index contributed by atoms with van der Waals surface area (Å²) in [6.45, 7) is 6.95. The van der Waals surface area contributed by atoms with E-state index in [0.29, 0.717) is 23.6 Å². The zero-order valence-electron chi connectivity index (χ0n) is 11.6. The van der Waals surface area contributed by atoms with Crippen molar-refractivity contribution in [3.63, 3.8) is 0 Å². The average molecular weight is 262 g/mol. The Morgan fingerprint density at radius 1 is 1.42 bits per heavy atom. The fourth-order valence-electron chi connectivity index (χ4n) is 1.40. The van der Waals surface area contributed by atoms with E-state index in [-0.39, 0.29) is 12.1 Å². The molecule has 5 nitrogen and oxygen atoms in total. The summed E-state index contributed by atoms with van der Waals surface area (Å²) in [5, 5.41) is 23.2. The van der Waals surface area contributed by atoms with Crippen LogP contribution in [-0.4, -0.2) is 29.6 Å². The average Bonchev–Trinajstić information content (AvgIpc) is 2.38. The van der Waals surface area contributed by atoms with E-state index in [0.717, 1.165) is 0 Å². The molecule has 3 N–H and O–H groups in total. The molecule has 19 heavy (non-hydrogen) atoms. The van der Waals surface area contributed by atoms with Crippen LogP contribution in [0.4, 0.5) is 0 Å². The maximum atomic E-state index is 8.95. The molecule has 1 aromatic carbocycles. The van der Waals surface area contributed by atoms with Crippen molar-refractivity contribution in [2.75, 3.05) is 13.2 Å². The Balaban J connectivity index is 2.57. The summed E-state index contributed by atoms with van der Waals surface area (Å²) in [5.41, 5.74) is 1.06. The third-order valence-electron chi connectivity index (χ3n) is 2.49. The zero-order chi connectivity index (χ0) is 14.3. The van der Waals surface area contributed by atoms with Crippen molar-refractivity contribution in [1.29, 1.82) is 5.26 Å². The topological polar surface area (TPSA) is 82.2 Å². The molecule has 0 atom stereocenters. The summed E-state index contributed by atoms with van der Waals surface area (Å²) < 4.78 is 5.51. The molecule has 102 valence electrons. The fourth-order valence-corrected chi connectivity index (χ4v) is 1.40. The van der Waals surface area contributed by atoms with E-state index in [1.54, 1.807) is 24.3 Å². The number of nitrogens with two attached hydrogens (primary N) is 1. The molecule has 0 aliphatic carbocycles. The van der Waals surface area contributed by atoms with Crippen molar-refractivity contribution in [3.05, 3.63) is 29.8 Å². The van der Waals surface area contributed by atoms with Gasteiger partial charge < -0.3 is 15.3 Å². The molecular weight excluding hydrogens is 242 g/mol. The van der Waals surface area contributed by atoms with Crippen molar-refractivity contribution in [2.45, 2.75) is 26.3 Å². The first-order valence-corrected chi connectivity index (χ1v) is 6.12. The number of rotatable bonds is 5. The minimum absolute atomic E-state index is 0.0561. The normalized spacial score (nSPS) is 12.0. The maximum Gasteiger partial charge on any atom is 0.148 e. The summed E-state index contributed by atoms with van der Waals surface area (Å²) in [6.07, 6.45) is 0. The SMILES string of the molecule is CC(C)(C)[NH2+]C/C(COc1ccccc1C#N)=N/O.